The van der Waals surface area contributed by atoms with Gasteiger partial charge in [0.2, 0.25) is 0 Å². The summed E-state index contributed by atoms with van der Waals surface area (Å²) in [5.41, 5.74) is 7.89. The minimum Gasteiger partial charge on any atom is -0.321 e. The Morgan fingerprint density at radius 3 is 2.75 bits per heavy atom. The highest BCUT2D eigenvalue weighted by Crippen LogP contribution is 2.43. The molecule has 0 bridgehead atoms. The van der Waals surface area contributed by atoms with E-state index in [2.05, 4.69) is 10.1 Å². The molecule has 1 aliphatic carbocycles. The fourth-order valence-corrected chi connectivity index (χ4v) is 2.03. The molecule has 16 heavy (non-hydrogen) atoms. The van der Waals surface area contributed by atoms with E-state index >= 15 is 0 Å². The Balaban J connectivity index is 2.04. The molecule has 0 radical (unpaired) electrons. The van der Waals surface area contributed by atoms with Crippen LogP contribution in [-0.2, 0) is 5.54 Å². The van der Waals surface area contributed by atoms with Crippen molar-refractivity contribution >= 4 is 11.6 Å². The molecule has 3 rings (SSSR count). The van der Waals surface area contributed by atoms with Crippen LogP contribution in [0.1, 0.15) is 18.4 Å². The third kappa shape index (κ3) is 1.50. The largest absolute Gasteiger partial charge is 0.321 e. The third-order valence-electron chi connectivity index (χ3n) is 2.98. The Kier molecular flexibility index (Phi) is 2.02. The van der Waals surface area contributed by atoms with Crippen molar-refractivity contribution < 1.29 is 0 Å². The van der Waals surface area contributed by atoms with E-state index in [9.17, 15) is 0 Å². The van der Waals surface area contributed by atoms with E-state index < -0.39 is 0 Å². The van der Waals surface area contributed by atoms with E-state index in [4.69, 9.17) is 17.3 Å². The Morgan fingerprint density at radius 2 is 2.19 bits per heavy atom. The molecule has 0 atom stereocenters. The summed E-state index contributed by atoms with van der Waals surface area (Å²) in [6.45, 7) is 0. The average molecular weight is 235 g/mol. The molecule has 0 saturated heterocycles. The molecule has 5 heteroatoms. The summed E-state index contributed by atoms with van der Waals surface area (Å²) in [4.78, 5) is 3.89. The second kappa shape index (κ2) is 3.30. The Labute approximate surface area is 98.0 Å². The lowest BCUT2D eigenvalue weighted by Crippen LogP contribution is -2.18. The number of hydrogen-bond donors (Lipinski definition) is 1. The zero-order chi connectivity index (χ0) is 11.2. The maximum absolute atomic E-state index is 6.21. The summed E-state index contributed by atoms with van der Waals surface area (Å²) < 4.78 is 1.64. The SMILES string of the molecule is NC1(c2ccc(-n3cncn3)c(Cl)c2)CC1. The van der Waals surface area contributed by atoms with Crippen molar-refractivity contribution in [2.75, 3.05) is 0 Å². The first-order valence-corrected chi connectivity index (χ1v) is 5.51. The highest BCUT2D eigenvalue weighted by molar-refractivity contribution is 6.32. The Hall–Kier alpha value is -1.39. The smallest absolute Gasteiger partial charge is 0.138 e. The molecule has 2 N–H and O–H groups in total. The molecule has 1 fully saturated rings. The van der Waals surface area contributed by atoms with Gasteiger partial charge in [-0.3, -0.25) is 0 Å². The molecule has 82 valence electrons. The highest BCUT2D eigenvalue weighted by Gasteiger charge is 2.40. The summed E-state index contributed by atoms with van der Waals surface area (Å²) >= 11 is 6.21. The van der Waals surface area contributed by atoms with Crippen LogP contribution in [-0.4, -0.2) is 14.8 Å². The van der Waals surface area contributed by atoms with Crippen LogP contribution in [0.3, 0.4) is 0 Å². The van der Waals surface area contributed by atoms with Gasteiger partial charge >= 0.3 is 0 Å². The Morgan fingerprint density at radius 1 is 1.38 bits per heavy atom. The van der Waals surface area contributed by atoms with Gasteiger partial charge in [0.05, 0.1) is 10.7 Å². The minimum atomic E-state index is -0.148. The number of nitrogens with two attached hydrogens (primary N) is 1. The van der Waals surface area contributed by atoms with Crippen LogP contribution in [0.4, 0.5) is 0 Å². The van der Waals surface area contributed by atoms with E-state index in [1.165, 1.54) is 6.33 Å². The molecule has 1 aliphatic rings. The van der Waals surface area contributed by atoms with Crippen molar-refractivity contribution in [2.45, 2.75) is 18.4 Å². The lowest BCUT2D eigenvalue weighted by molar-refractivity contribution is 0.739. The minimum absolute atomic E-state index is 0.148. The van der Waals surface area contributed by atoms with Gasteiger partial charge in [0, 0.05) is 5.54 Å². The van der Waals surface area contributed by atoms with Crippen LogP contribution in [0.2, 0.25) is 5.02 Å². The monoisotopic (exact) mass is 234 g/mol. The predicted octanol–water partition coefficient (Wildman–Crippen LogP) is 1.87. The van der Waals surface area contributed by atoms with Crippen molar-refractivity contribution in [1.29, 1.82) is 0 Å². The molecule has 2 aromatic rings. The number of halogens is 1. The Bertz CT molecular complexity index is 517. The maximum atomic E-state index is 6.21. The van der Waals surface area contributed by atoms with E-state index in [-0.39, 0.29) is 5.54 Å². The second-order valence-corrected chi connectivity index (χ2v) is 4.57. The van der Waals surface area contributed by atoms with Crippen molar-refractivity contribution in [3.05, 3.63) is 41.4 Å². The first kappa shape index (κ1) is 9.81. The van der Waals surface area contributed by atoms with E-state index in [0.29, 0.717) is 5.02 Å². The fraction of sp³-hybridized carbons (Fsp3) is 0.273. The summed E-state index contributed by atoms with van der Waals surface area (Å²) in [7, 11) is 0. The average Bonchev–Trinajstić information content (AvgIpc) is 2.82. The highest BCUT2D eigenvalue weighted by atomic mass is 35.5. The first-order valence-electron chi connectivity index (χ1n) is 5.13. The molecular weight excluding hydrogens is 224 g/mol. The summed E-state index contributed by atoms with van der Waals surface area (Å²) in [5, 5.41) is 4.70. The number of benzene rings is 1. The predicted molar refractivity (Wildman–Crippen MR) is 61.5 cm³/mol. The molecule has 0 spiro atoms. The van der Waals surface area contributed by atoms with Crippen LogP contribution in [0.5, 0.6) is 0 Å². The molecule has 1 aromatic heterocycles. The van der Waals surface area contributed by atoms with Gasteiger partial charge in [-0.2, -0.15) is 5.10 Å². The lowest BCUT2D eigenvalue weighted by atomic mass is 10.1. The van der Waals surface area contributed by atoms with Crippen molar-refractivity contribution in [3.63, 3.8) is 0 Å². The topological polar surface area (TPSA) is 56.7 Å². The van der Waals surface area contributed by atoms with E-state index in [1.807, 2.05) is 18.2 Å². The standard InChI is InChI=1S/C11H11ClN4/c12-9-5-8(11(13)3-4-11)1-2-10(9)16-7-14-6-15-16/h1-2,5-7H,3-4,13H2. The van der Waals surface area contributed by atoms with Crippen LogP contribution in [0.25, 0.3) is 5.69 Å². The third-order valence-corrected chi connectivity index (χ3v) is 3.28. The normalized spacial score (nSPS) is 17.4. The second-order valence-electron chi connectivity index (χ2n) is 4.16. The van der Waals surface area contributed by atoms with Gasteiger partial charge in [-0.25, -0.2) is 9.67 Å². The van der Waals surface area contributed by atoms with Gasteiger partial charge in [0.1, 0.15) is 12.7 Å². The molecule has 0 aliphatic heterocycles. The van der Waals surface area contributed by atoms with E-state index in [1.54, 1.807) is 11.0 Å². The zero-order valence-corrected chi connectivity index (χ0v) is 9.35. The van der Waals surface area contributed by atoms with Crippen molar-refractivity contribution in [1.82, 2.24) is 14.8 Å². The van der Waals surface area contributed by atoms with E-state index in [0.717, 1.165) is 24.1 Å². The first-order chi connectivity index (χ1) is 7.69. The lowest BCUT2D eigenvalue weighted by Gasteiger charge is -2.11. The van der Waals surface area contributed by atoms with Gasteiger partial charge in [-0.1, -0.05) is 17.7 Å². The molecule has 4 nitrogen and oxygen atoms in total. The quantitative estimate of drug-likeness (QED) is 0.863. The van der Waals surface area contributed by atoms with Crippen LogP contribution in [0.15, 0.2) is 30.9 Å². The van der Waals surface area contributed by atoms with Gasteiger partial charge in [0.25, 0.3) is 0 Å². The molecule has 0 amide bonds. The van der Waals surface area contributed by atoms with Crippen LogP contribution < -0.4 is 5.73 Å². The number of nitrogens with zero attached hydrogens (tertiary/aromatic N) is 3. The van der Waals surface area contributed by atoms with Crippen LogP contribution >= 0.6 is 11.6 Å². The molecular formula is C11H11ClN4. The zero-order valence-electron chi connectivity index (χ0n) is 8.60. The number of rotatable bonds is 2. The number of aromatic nitrogens is 3. The molecule has 1 aromatic carbocycles. The van der Waals surface area contributed by atoms with Gasteiger partial charge in [-0.05, 0) is 30.5 Å². The maximum Gasteiger partial charge on any atom is 0.138 e. The van der Waals surface area contributed by atoms with Crippen LogP contribution in [0, 0.1) is 0 Å². The van der Waals surface area contributed by atoms with Crippen molar-refractivity contribution in [2.24, 2.45) is 5.73 Å². The van der Waals surface area contributed by atoms with Gasteiger partial charge in [-0.15, -0.1) is 0 Å². The van der Waals surface area contributed by atoms with Gasteiger partial charge < -0.3 is 5.73 Å². The summed E-state index contributed by atoms with van der Waals surface area (Å²) in [5.74, 6) is 0. The molecule has 0 unspecified atom stereocenters. The summed E-state index contributed by atoms with van der Waals surface area (Å²) in [6, 6.07) is 5.86. The molecule has 1 heterocycles. The molecule has 1 saturated carbocycles. The number of hydrogen-bond acceptors (Lipinski definition) is 3. The fourth-order valence-electron chi connectivity index (χ4n) is 1.76. The van der Waals surface area contributed by atoms with Crippen molar-refractivity contribution in [3.8, 4) is 5.69 Å². The van der Waals surface area contributed by atoms with Gasteiger partial charge in [0.15, 0.2) is 0 Å². The summed E-state index contributed by atoms with van der Waals surface area (Å²) in [6.07, 6.45) is 5.17.